The van der Waals surface area contributed by atoms with Crippen molar-refractivity contribution in [3.63, 3.8) is 0 Å². The summed E-state index contributed by atoms with van der Waals surface area (Å²) in [6, 6.07) is 10.2. The molecule has 0 amide bonds. The van der Waals surface area contributed by atoms with Gasteiger partial charge in [0.2, 0.25) is 0 Å². The van der Waals surface area contributed by atoms with Crippen LogP contribution in [-0.4, -0.2) is 6.29 Å². The maximum atomic E-state index is 10.6. The van der Waals surface area contributed by atoms with E-state index in [9.17, 15) is 4.79 Å². The molecule has 0 radical (unpaired) electrons. The zero-order valence-electron chi connectivity index (χ0n) is 9.99. The van der Waals surface area contributed by atoms with Crippen molar-refractivity contribution in [1.82, 2.24) is 0 Å². The molecule has 0 aliphatic heterocycles. The van der Waals surface area contributed by atoms with Crippen LogP contribution in [-0.2, 0) is 4.79 Å². The Balaban J connectivity index is 2.56. The summed E-state index contributed by atoms with van der Waals surface area (Å²) in [4.78, 5) is 10.6. The molecule has 0 aliphatic rings. The van der Waals surface area contributed by atoms with Gasteiger partial charge in [-0.1, -0.05) is 56.5 Å². The van der Waals surface area contributed by atoms with E-state index in [4.69, 9.17) is 0 Å². The summed E-state index contributed by atoms with van der Waals surface area (Å²) in [6.45, 7) is 2.21. The topological polar surface area (TPSA) is 17.1 Å². The lowest BCUT2D eigenvalue weighted by Gasteiger charge is -2.06. The van der Waals surface area contributed by atoms with Crippen LogP contribution in [0.15, 0.2) is 36.4 Å². The van der Waals surface area contributed by atoms with Crippen LogP contribution < -0.4 is 0 Å². The van der Waals surface area contributed by atoms with Crippen molar-refractivity contribution in [2.75, 3.05) is 0 Å². The average Bonchev–Trinajstić information content (AvgIpc) is 2.34. The number of carbonyl (C=O) groups excluding carboxylic acids is 1. The van der Waals surface area contributed by atoms with Crippen molar-refractivity contribution in [3.05, 3.63) is 42.0 Å². The first-order valence-electron chi connectivity index (χ1n) is 6.08. The van der Waals surface area contributed by atoms with Gasteiger partial charge in [0.1, 0.15) is 6.29 Å². The van der Waals surface area contributed by atoms with Crippen LogP contribution in [0.4, 0.5) is 0 Å². The highest BCUT2D eigenvalue weighted by atomic mass is 16.1. The van der Waals surface area contributed by atoms with Crippen LogP contribution in [0.1, 0.15) is 44.6 Å². The summed E-state index contributed by atoms with van der Waals surface area (Å²) in [5, 5.41) is 0. The van der Waals surface area contributed by atoms with E-state index < -0.39 is 0 Å². The Labute approximate surface area is 98.2 Å². The van der Waals surface area contributed by atoms with Gasteiger partial charge in [0.25, 0.3) is 0 Å². The number of allylic oxidation sites excluding steroid dienone is 2. The lowest BCUT2D eigenvalue weighted by Crippen LogP contribution is -1.86. The maximum absolute atomic E-state index is 10.6. The fraction of sp³-hybridized carbons (Fsp3) is 0.400. The Morgan fingerprint density at radius 1 is 1.12 bits per heavy atom. The molecule has 0 aromatic heterocycles. The average molecular weight is 216 g/mol. The van der Waals surface area contributed by atoms with E-state index in [1.807, 2.05) is 18.2 Å². The SMILES string of the molecule is CCCCCC/C(=C/C=O)c1ccccc1. The molecule has 0 bridgehead atoms. The summed E-state index contributed by atoms with van der Waals surface area (Å²) >= 11 is 0. The van der Waals surface area contributed by atoms with Crippen LogP contribution in [0.3, 0.4) is 0 Å². The second-order valence-electron chi connectivity index (χ2n) is 4.00. The van der Waals surface area contributed by atoms with Gasteiger partial charge in [-0.15, -0.1) is 0 Å². The number of hydrogen-bond donors (Lipinski definition) is 0. The molecule has 0 atom stereocenters. The smallest absolute Gasteiger partial charge is 0.143 e. The highest BCUT2D eigenvalue weighted by molar-refractivity contribution is 5.81. The van der Waals surface area contributed by atoms with E-state index in [0.29, 0.717) is 0 Å². The molecule has 86 valence electrons. The molecule has 0 N–H and O–H groups in total. The molecule has 1 heteroatoms. The second-order valence-corrected chi connectivity index (χ2v) is 4.00. The summed E-state index contributed by atoms with van der Waals surface area (Å²) in [5.74, 6) is 0. The van der Waals surface area contributed by atoms with Crippen LogP contribution in [0.25, 0.3) is 5.57 Å². The molecule has 0 spiro atoms. The largest absolute Gasteiger partial charge is 0.299 e. The number of benzene rings is 1. The van der Waals surface area contributed by atoms with Gasteiger partial charge in [0, 0.05) is 0 Å². The number of aldehydes is 1. The predicted octanol–water partition coefficient (Wildman–Crippen LogP) is 4.24. The fourth-order valence-corrected chi connectivity index (χ4v) is 1.80. The summed E-state index contributed by atoms with van der Waals surface area (Å²) < 4.78 is 0. The Morgan fingerprint density at radius 2 is 1.88 bits per heavy atom. The highest BCUT2D eigenvalue weighted by Gasteiger charge is 2.00. The van der Waals surface area contributed by atoms with Gasteiger partial charge in [0.15, 0.2) is 0 Å². The Kier molecular flexibility index (Phi) is 6.24. The molecule has 16 heavy (non-hydrogen) atoms. The van der Waals surface area contributed by atoms with Crippen LogP contribution in [0.5, 0.6) is 0 Å². The van der Waals surface area contributed by atoms with E-state index in [1.165, 1.54) is 31.2 Å². The molecule has 0 fully saturated rings. The standard InChI is InChI=1S/C15H20O/c1-2-3-4-6-11-15(12-13-16)14-9-7-5-8-10-14/h5,7-10,12-13H,2-4,6,11H2,1H3/b15-12-. The number of rotatable bonds is 7. The quantitative estimate of drug-likeness (QED) is 0.378. The van der Waals surface area contributed by atoms with E-state index >= 15 is 0 Å². The molecule has 0 unspecified atom stereocenters. The van der Waals surface area contributed by atoms with Crippen molar-refractivity contribution in [2.24, 2.45) is 0 Å². The van der Waals surface area contributed by atoms with Gasteiger partial charge < -0.3 is 0 Å². The molecule has 1 rings (SSSR count). The van der Waals surface area contributed by atoms with Crippen molar-refractivity contribution in [2.45, 2.75) is 39.0 Å². The molecule has 0 saturated heterocycles. The third-order valence-corrected chi connectivity index (χ3v) is 2.71. The molecule has 1 aromatic rings. The maximum Gasteiger partial charge on any atom is 0.143 e. The highest BCUT2D eigenvalue weighted by Crippen LogP contribution is 2.20. The first-order valence-corrected chi connectivity index (χ1v) is 6.08. The van der Waals surface area contributed by atoms with E-state index in [-0.39, 0.29) is 0 Å². The van der Waals surface area contributed by atoms with Crippen LogP contribution in [0.2, 0.25) is 0 Å². The minimum Gasteiger partial charge on any atom is -0.299 e. The lowest BCUT2D eigenvalue weighted by molar-refractivity contribution is -0.104. The predicted molar refractivity (Wildman–Crippen MR) is 69.2 cm³/mol. The van der Waals surface area contributed by atoms with Crippen molar-refractivity contribution < 1.29 is 4.79 Å². The van der Waals surface area contributed by atoms with E-state index in [1.54, 1.807) is 6.08 Å². The van der Waals surface area contributed by atoms with Gasteiger partial charge in [-0.2, -0.15) is 0 Å². The number of hydrogen-bond acceptors (Lipinski definition) is 1. The first-order chi connectivity index (χ1) is 7.88. The van der Waals surface area contributed by atoms with Gasteiger partial charge in [-0.3, -0.25) is 4.79 Å². The normalized spacial score (nSPS) is 11.4. The van der Waals surface area contributed by atoms with E-state index in [0.717, 1.165) is 18.3 Å². The monoisotopic (exact) mass is 216 g/mol. The molecule has 1 nitrogen and oxygen atoms in total. The minimum atomic E-state index is 0.891. The fourth-order valence-electron chi connectivity index (χ4n) is 1.80. The van der Waals surface area contributed by atoms with Crippen molar-refractivity contribution >= 4 is 11.9 Å². The Bertz CT molecular complexity index is 325. The van der Waals surface area contributed by atoms with Gasteiger partial charge in [0.05, 0.1) is 0 Å². The van der Waals surface area contributed by atoms with Crippen LogP contribution >= 0.6 is 0 Å². The molecule has 0 aliphatic carbocycles. The zero-order valence-corrected chi connectivity index (χ0v) is 9.99. The summed E-state index contributed by atoms with van der Waals surface area (Å²) in [5.41, 5.74) is 2.33. The van der Waals surface area contributed by atoms with Crippen LogP contribution in [0, 0.1) is 0 Å². The third kappa shape index (κ3) is 4.43. The van der Waals surface area contributed by atoms with Crippen molar-refractivity contribution in [1.29, 1.82) is 0 Å². The zero-order chi connectivity index (χ0) is 11.6. The molecule has 0 saturated carbocycles. The Hall–Kier alpha value is -1.37. The van der Waals surface area contributed by atoms with E-state index in [2.05, 4.69) is 19.1 Å². The molecular formula is C15H20O. The minimum absolute atomic E-state index is 0.891. The number of carbonyl (C=O) groups is 1. The molecular weight excluding hydrogens is 196 g/mol. The second kappa shape index (κ2) is 7.86. The Morgan fingerprint density at radius 3 is 2.50 bits per heavy atom. The van der Waals surface area contributed by atoms with Gasteiger partial charge >= 0.3 is 0 Å². The summed E-state index contributed by atoms with van der Waals surface area (Å²) in [6.07, 6.45) is 8.54. The van der Waals surface area contributed by atoms with Crippen molar-refractivity contribution in [3.8, 4) is 0 Å². The number of unbranched alkanes of at least 4 members (excludes halogenated alkanes) is 3. The van der Waals surface area contributed by atoms with Gasteiger partial charge in [-0.05, 0) is 30.1 Å². The molecule has 1 aromatic carbocycles. The summed E-state index contributed by atoms with van der Waals surface area (Å²) in [7, 11) is 0. The molecule has 0 heterocycles. The third-order valence-electron chi connectivity index (χ3n) is 2.71. The first kappa shape index (κ1) is 12.7. The lowest BCUT2D eigenvalue weighted by atomic mass is 9.99. The van der Waals surface area contributed by atoms with Gasteiger partial charge in [-0.25, -0.2) is 0 Å².